The van der Waals surface area contributed by atoms with Crippen LogP contribution in [-0.2, 0) is 11.2 Å². The molecule has 2 N–H and O–H groups in total. The number of nitrogens with zero attached hydrogens (tertiary/aromatic N) is 1. The smallest absolute Gasteiger partial charge is 0.262 e. The van der Waals surface area contributed by atoms with Gasteiger partial charge in [-0.2, -0.15) is 0 Å². The molecule has 0 aliphatic carbocycles. The Morgan fingerprint density at radius 1 is 1.17 bits per heavy atom. The molecule has 0 bridgehead atoms. The highest BCUT2D eigenvalue weighted by atomic mass is 16.5. The van der Waals surface area contributed by atoms with Gasteiger partial charge in [-0.1, -0.05) is 18.2 Å². The van der Waals surface area contributed by atoms with Crippen LogP contribution in [0.2, 0.25) is 0 Å². The predicted octanol–water partition coefficient (Wildman–Crippen LogP) is 1.84. The van der Waals surface area contributed by atoms with Crippen LogP contribution >= 0.6 is 0 Å². The van der Waals surface area contributed by atoms with E-state index in [1.54, 1.807) is 12.3 Å². The molecule has 0 atom stereocenters. The van der Waals surface area contributed by atoms with E-state index in [4.69, 9.17) is 4.74 Å². The van der Waals surface area contributed by atoms with Crippen LogP contribution in [0.1, 0.15) is 11.1 Å². The molecule has 23 heavy (non-hydrogen) atoms. The van der Waals surface area contributed by atoms with Crippen LogP contribution in [0.15, 0.2) is 47.4 Å². The van der Waals surface area contributed by atoms with Crippen molar-refractivity contribution < 1.29 is 9.53 Å². The zero-order valence-corrected chi connectivity index (χ0v) is 12.1. The van der Waals surface area contributed by atoms with E-state index in [0.29, 0.717) is 23.6 Å². The lowest BCUT2D eigenvalue weighted by molar-refractivity contribution is -0.118. The molecule has 1 amide bonds. The maximum absolute atomic E-state index is 12.2. The summed E-state index contributed by atoms with van der Waals surface area (Å²) >= 11 is 0. The molecule has 3 aromatic rings. The number of fused-ring (bicyclic) bond motifs is 2. The number of pyridine rings is 2. The van der Waals surface area contributed by atoms with E-state index in [9.17, 15) is 9.59 Å². The second-order valence-electron chi connectivity index (χ2n) is 5.42. The first-order valence-corrected chi connectivity index (χ1v) is 7.21. The fraction of sp³-hybridized carbons (Fsp3) is 0.118. The van der Waals surface area contributed by atoms with Crippen LogP contribution in [0.4, 0.5) is 5.69 Å². The molecule has 3 heterocycles. The average Bonchev–Trinajstić information content (AvgIpc) is 2.55. The average molecular weight is 307 g/mol. The van der Waals surface area contributed by atoms with E-state index in [0.717, 1.165) is 16.5 Å². The number of ether oxygens (including phenoxy) is 1. The summed E-state index contributed by atoms with van der Waals surface area (Å²) in [4.78, 5) is 30.7. The summed E-state index contributed by atoms with van der Waals surface area (Å²) in [6, 6.07) is 11.3. The molecule has 1 aliphatic heterocycles. The SMILES string of the molecule is O=C1COc2ncc(Cc3cc4ccccc4[nH]c3=O)cc2N1. The number of carbonyl (C=O) groups excluding carboxylic acids is 1. The number of hydrogen-bond acceptors (Lipinski definition) is 4. The second kappa shape index (κ2) is 5.24. The zero-order valence-electron chi connectivity index (χ0n) is 12.1. The van der Waals surface area contributed by atoms with E-state index in [2.05, 4.69) is 15.3 Å². The molecule has 0 fully saturated rings. The third kappa shape index (κ3) is 2.55. The molecule has 4 rings (SSSR count). The van der Waals surface area contributed by atoms with E-state index < -0.39 is 0 Å². The summed E-state index contributed by atoms with van der Waals surface area (Å²) < 4.78 is 5.23. The molecule has 114 valence electrons. The predicted molar refractivity (Wildman–Crippen MR) is 85.7 cm³/mol. The number of hydrogen-bond donors (Lipinski definition) is 2. The first kappa shape index (κ1) is 13.5. The standard InChI is InChI=1S/C17H13N3O3/c21-15-9-23-17-14(19-15)6-10(8-18-17)5-12-7-11-3-1-2-4-13(11)20-16(12)22/h1-4,6-8H,5,9H2,(H,19,21)(H,20,22). The summed E-state index contributed by atoms with van der Waals surface area (Å²) in [7, 11) is 0. The van der Waals surface area contributed by atoms with E-state index in [1.165, 1.54) is 0 Å². The number of nitrogens with one attached hydrogen (secondary N) is 2. The molecule has 0 spiro atoms. The molecule has 6 heteroatoms. The molecule has 0 saturated carbocycles. The van der Waals surface area contributed by atoms with Crippen LogP contribution in [0.25, 0.3) is 10.9 Å². The monoisotopic (exact) mass is 307 g/mol. The summed E-state index contributed by atoms with van der Waals surface area (Å²) in [5.41, 5.74) is 2.70. The van der Waals surface area contributed by atoms with E-state index in [-0.39, 0.29) is 18.1 Å². The molecule has 1 aliphatic rings. The number of para-hydroxylation sites is 1. The van der Waals surface area contributed by atoms with Crippen molar-refractivity contribution in [1.29, 1.82) is 0 Å². The summed E-state index contributed by atoms with van der Waals surface area (Å²) in [5, 5.41) is 3.69. The van der Waals surface area contributed by atoms with Crippen LogP contribution in [0, 0.1) is 0 Å². The molecule has 0 unspecified atom stereocenters. The van der Waals surface area contributed by atoms with Crippen molar-refractivity contribution in [2.75, 3.05) is 11.9 Å². The fourth-order valence-corrected chi connectivity index (χ4v) is 2.66. The minimum atomic E-state index is -0.208. The molecular weight excluding hydrogens is 294 g/mol. The normalized spacial score (nSPS) is 13.3. The Balaban J connectivity index is 1.71. The maximum atomic E-state index is 12.2. The number of aromatic nitrogens is 2. The van der Waals surface area contributed by atoms with Gasteiger partial charge in [0, 0.05) is 23.7 Å². The largest absolute Gasteiger partial charge is 0.466 e. The van der Waals surface area contributed by atoms with Crippen molar-refractivity contribution in [3.8, 4) is 5.88 Å². The van der Waals surface area contributed by atoms with Gasteiger partial charge in [-0.3, -0.25) is 9.59 Å². The molecule has 2 aromatic heterocycles. The summed E-state index contributed by atoms with van der Waals surface area (Å²) in [6.45, 7) is -0.0241. The number of H-pyrrole nitrogens is 1. The van der Waals surface area contributed by atoms with Crippen molar-refractivity contribution in [3.05, 3.63) is 64.1 Å². The van der Waals surface area contributed by atoms with Gasteiger partial charge in [0.05, 0.1) is 0 Å². The zero-order chi connectivity index (χ0) is 15.8. The Bertz CT molecular complexity index is 978. The van der Waals surface area contributed by atoms with Crippen molar-refractivity contribution >= 4 is 22.5 Å². The molecule has 0 radical (unpaired) electrons. The Morgan fingerprint density at radius 3 is 2.96 bits per heavy atom. The summed E-state index contributed by atoms with van der Waals surface area (Å²) in [6.07, 6.45) is 2.08. The van der Waals surface area contributed by atoms with Crippen LogP contribution in [-0.4, -0.2) is 22.5 Å². The van der Waals surface area contributed by atoms with E-state index in [1.807, 2.05) is 30.3 Å². The second-order valence-corrected chi connectivity index (χ2v) is 5.42. The van der Waals surface area contributed by atoms with Gasteiger partial charge in [0.2, 0.25) is 5.88 Å². The van der Waals surface area contributed by atoms with Gasteiger partial charge in [-0.15, -0.1) is 0 Å². The Hall–Kier alpha value is -3.15. The van der Waals surface area contributed by atoms with Gasteiger partial charge in [-0.25, -0.2) is 4.98 Å². The van der Waals surface area contributed by atoms with Crippen LogP contribution in [0.5, 0.6) is 5.88 Å². The van der Waals surface area contributed by atoms with Gasteiger partial charge in [-0.05, 0) is 29.1 Å². The number of carbonyl (C=O) groups is 1. The lowest BCUT2D eigenvalue weighted by Gasteiger charge is -2.17. The maximum Gasteiger partial charge on any atom is 0.262 e. The van der Waals surface area contributed by atoms with Gasteiger partial charge in [0.15, 0.2) is 6.61 Å². The number of aromatic amines is 1. The molecule has 1 aromatic carbocycles. The highest BCUT2D eigenvalue weighted by molar-refractivity contribution is 5.94. The number of anilines is 1. The Kier molecular flexibility index (Phi) is 3.08. The topological polar surface area (TPSA) is 84.1 Å². The number of benzene rings is 1. The highest BCUT2D eigenvalue weighted by Crippen LogP contribution is 2.26. The number of rotatable bonds is 2. The minimum absolute atomic E-state index is 0.0241. The third-order valence-corrected chi connectivity index (χ3v) is 3.75. The van der Waals surface area contributed by atoms with Crippen molar-refractivity contribution in [1.82, 2.24) is 9.97 Å². The van der Waals surface area contributed by atoms with Gasteiger partial charge in [0.25, 0.3) is 11.5 Å². The first-order chi connectivity index (χ1) is 11.2. The number of amides is 1. The minimum Gasteiger partial charge on any atom is -0.466 e. The van der Waals surface area contributed by atoms with Crippen molar-refractivity contribution in [3.63, 3.8) is 0 Å². The Labute approximate surface area is 131 Å². The molecule has 6 nitrogen and oxygen atoms in total. The fourth-order valence-electron chi connectivity index (χ4n) is 2.66. The molecular formula is C17H13N3O3. The van der Waals surface area contributed by atoms with Gasteiger partial charge >= 0.3 is 0 Å². The third-order valence-electron chi connectivity index (χ3n) is 3.75. The highest BCUT2D eigenvalue weighted by Gasteiger charge is 2.17. The lowest BCUT2D eigenvalue weighted by Crippen LogP contribution is -2.26. The quantitative estimate of drug-likeness (QED) is 0.756. The van der Waals surface area contributed by atoms with Gasteiger partial charge < -0.3 is 15.0 Å². The van der Waals surface area contributed by atoms with E-state index >= 15 is 0 Å². The van der Waals surface area contributed by atoms with Crippen molar-refractivity contribution in [2.45, 2.75) is 6.42 Å². The lowest BCUT2D eigenvalue weighted by atomic mass is 10.1. The summed E-state index contributed by atoms with van der Waals surface area (Å²) in [5.74, 6) is 0.195. The van der Waals surface area contributed by atoms with Gasteiger partial charge in [0.1, 0.15) is 5.69 Å². The Morgan fingerprint density at radius 2 is 2.04 bits per heavy atom. The first-order valence-electron chi connectivity index (χ1n) is 7.21. The van der Waals surface area contributed by atoms with Crippen LogP contribution < -0.4 is 15.6 Å². The molecule has 0 saturated heterocycles. The van der Waals surface area contributed by atoms with Crippen molar-refractivity contribution in [2.24, 2.45) is 0 Å². The van der Waals surface area contributed by atoms with Crippen LogP contribution in [0.3, 0.4) is 0 Å².